The zero-order valence-corrected chi connectivity index (χ0v) is 13.6. The van der Waals surface area contributed by atoms with Crippen molar-refractivity contribution < 1.29 is 4.74 Å². The largest absolute Gasteiger partial charge is 0.370 e. The molecule has 1 aromatic rings. The summed E-state index contributed by atoms with van der Waals surface area (Å²) >= 11 is 5.50. The maximum absolute atomic E-state index is 6.06. The first-order valence-corrected chi connectivity index (χ1v) is 8.64. The Labute approximate surface area is 131 Å². The Morgan fingerprint density at radius 1 is 1.33 bits per heavy atom. The van der Waals surface area contributed by atoms with Gasteiger partial charge in [-0.05, 0) is 25.7 Å². The van der Waals surface area contributed by atoms with Gasteiger partial charge in [0.05, 0.1) is 0 Å². The number of nitrogens with one attached hydrogen (secondary N) is 2. The lowest BCUT2D eigenvalue weighted by Gasteiger charge is -2.30. The molecule has 1 atom stereocenters. The molecule has 0 aromatic carbocycles. The number of aromatic amines is 1. The molecule has 3 rings (SSSR count). The van der Waals surface area contributed by atoms with Crippen molar-refractivity contribution in [2.24, 2.45) is 5.92 Å². The highest BCUT2D eigenvalue weighted by Gasteiger charge is 2.28. The van der Waals surface area contributed by atoms with E-state index in [1.165, 1.54) is 43.4 Å². The lowest BCUT2D eigenvalue weighted by Crippen LogP contribution is -2.28. The van der Waals surface area contributed by atoms with Crippen LogP contribution >= 0.6 is 12.2 Å². The van der Waals surface area contributed by atoms with Crippen LogP contribution in [-0.4, -0.2) is 23.1 Å². The summed E-state index contributed by atoms with van der Waals surface area (Å²) in [6.45, 7) is 4.62. The van der Waals surface area contributed by atoms with E-state index in [1.54, 1.807) is 0 Å². The van der Waals surface area contributed by atoms with E-state index < -0.39 is 0 Å². The van der Waals surface area contributed by atoms with Gasteiger partial charge in [0.2, 0.25) is 0 Å². The summed E-state index contributed by atoms with van der Waals surface area (Å²) in [5.41, 5.74) is 2.42. The van der Waals surface area contributed by atoms with E-state index in [1.807, 2.05) is 0 Å². The smallest absolute Gasteiger partial charge is 0.137 e. The Morgan fingerprint density at radius 2 is 2.14 bits per heavy atom. The van der Waals surface area contributed by atoms with Gasteiger partial charge in [-0.2, -0.15) is 0 Å². The van der Waals surface area contributed by atoms with Gasteiger partial charge >= 0.3 is 0 Å². The number of aromatic nitrogens is 2. The molecule has 1 fully saturated rings. The number of hydrogen-bond acceptors (Lipinski definition) is 4. The highest BCUT2D eigenvalue weighted by molar-refractivity contribution is 7.71. The highest BCUT2D eigenvalue weighted by Crippen LogP contribution is 2.36. The van der Waals surface area contributed by atoms with Crippen molar-refractivity contribution in [3.05, 3.63) is 21.7 Å². The molecular formula is C16H25N3OS. The minimum absolute atomic E-state index is 0.0807. The lowest BCUT2D eigenvalue weighted by molar-refractivity contribution is -0.000453. The van der Waals surface area contributed by atoms with E-state index in [2.05, 4.69) is 22.2 Å². The molecule has 0 amide bonds. The van der Waals surface area contributed by atoms with Crippen LogP contribution in [0.5, 0.6) is 0 Å². The van der Waals surface area contributed by atoms with E-state index >= 15 is 0 Å². The molecular weight excluding hydrogens is 282 g/mol. The van der Waals surface area contributed by atoms with Gasteiger partial charge in [-0.3, -0.25) is 0 Å². The Balaban J connectivity index is 1.91. The second kappa shape index (κ2) is 6.99. The van der Waals surface area contributed by atoms with Crippen LogP contribution in [0.4, 0.5) is 0 Å². The summed E-state index contributed by atoms with van der Waals surface area (Å²) in [6.07, 6.45) is 7.54. The Bertz CT molecular complexity index is 537. The number of ether oxygens (including phenoxy) is 1. The SMILES string of the molecule is CCOC(c1nc(=S)c2c([nH]1)CCNC2)C1CCCCC1. The first-order chi connectivity index (χ1) is 10.3. The predicted octanol–water partition coefficient (Wildman–Crippen LogP) is 3.44. The van der Waals surface area contributed by atoms with Crippen LogP contribution in [-0.2, 0) is 17.7 Å². The average molecular weight is 307 g/mol. The first kappa shape index (κ1) is 15.1. The standard InChI is InChI=1S/C16H25N3OS/c1-2-20-14(11-6-4-3-5-7-11)15-18-13-8-9-17-10-12(13)16(21)19-15/h11,14,17H,2-10H2,1H3,(H,18,19,21). The molecule has 4 nitrogen and oxygen atoms in total. The van der Waals surface area contributed by atoms with Crippen molar-refractivity contribution in [3.8, 4) is 0 Å². The van der Waals surface area contributed by atoms with Crippen molar-refractivity contribution >= 4 is 12.2 Å². The van der Waals surface area contributed by atoms with Crippen LogP contribution in [0.15, 0.2) is 0 Å². The summed E-state index contributed by atoms with van der Waals surface area (Å²) in [6, 6.07) is 0. The molecule has 0 bridgehead atoms. The molecule has 1 aliphatic heterocycles. The minimum atomic E-state index is 0.0807. The Morgan fingerprint density at radius 3 is 2.90 bits per heavy atom. The zero-order valence-electron chi connectivity index (χ0n) is 12.8. The maximum atomic E-state index is 6.06. The maximum Gasteiger partial charge on any atom is 0.137 e. The van der Waals surface area contributed by atoms with Crippen LogP contribution in [0, 0.1) is 10.6 Å². The number of nitrogens with zero attached hydrogens (tertiary/aromatic N) is 1. The van der Waals surface area contributed by atoms with Crippen LogP contribution in [0.3, 0.4) is 0 Å². The molecule has 1 saturated carbocycles. The number of hydrogen-bond donors (Lipinski definition) is 2. The van der Waals surface area contributed by atoms with Gasteiger partial charge in [0.25, 0.3) is 0 Å². The zero-order chi connectivity index (χ0) is 14.7. The molecule has 21 heavy (non-hydrogen) atoms. The van der Waals surface area contributed by atoms with E-state index in [0.717, 1.165) is 36.6 Å². The minimum Gasteiger partial charge on any atom is -0.370 e. The van der Waals surface area contributed by atoms with Crippen LogP contribution in [0.1, 0.15) is 62.2 Å². The fourth-order valence-electron chi connectivity index (χ4n) is 3.58. The fourth-order valence-corrected chi connectivity index (χ4v) is 3.87. The molecule has 2 heterocycles. The van der Waals surface area contributed by atoms with Crippen molar-refractivity contribution in [1.82, 2.24) is 15.3 Å². The number of fused-ring (bicyclic) bond motifs is 1. The third-order valence-electron chi connectivity index (χ3n) is 4.67. The van der Waals surface area contributed by atoms with Crippen molar-refractivity contribution in [2.75, 3.05) is 13.2 Å². The Kier molecular flexibility index (Phi) is 5.03. The van der Waals surface area contributed by atoms with Crippen LogP contribution < -0.4 is 5.32 Å². The summed E-state index contributed by atoms with van der Waals surface area (Å²) in [5, 5.41) is 3.36. The molecule has 1 aromatic heterocycles. The average Bonchev–Trinajstić information content (AvgIpc) is 2.53. The predicted molar refractivity (Wildman–Crippen MR) is 85.8 cm³/mol. The second-order valence-corrected chi connectivity index (χ2v) is 6.47. The van der Waals surface area contributed by atoms with Gasteiger partial charge in [-0.1, -0.05) is 31.5 Å². The summed E-state index contributed by atoms with van der Waals surface area (Å²) in [7, 11) is 0. The highest BCUT2D eigenvalue weighted by atomic mass is 32.1. The van der Waals surface area contributed by atoms with Gasteiger partial charge in [0.15, 0.2) is 0 Å². The van der Waals surface area contributed by atoms with Crippen molar-refractivity contribution in [1.29, 1.82) is 0 Å². The lowest BCUT2D eigenvalue weighted by atomic mass is 9.84. The monoisotopic (exact) mass is 307 g/mol. The summed E-state index contributed by atoms with van der Waals surface area (Å²) in [4.78, 5) is 8.22. The van der Waals surface area contributed by atoms with Crippen LogP contribution in [0.25, 0.3) is 0 Å². The third kappa shape index (κ3) is 3.35. The normalized spacial score (nSPS) is 21.0. The van der Waals surface area contributed by atoms with E-state index in [-0.39, 0.29) is 6.10 Å². The van der Waals surface area contributed by atoms with Gasteiger partial charge in [0, 0.05) is 37.4 Å². The van der Waals surface area contributed by atoms with Crippen molar-refractivity contribution in [2.45, 2.75) is 58.1 Å². The molecule has 116 valence electrons. The summed E-state index contributed by atoms with van der Waals surface area (Å²) in [5.74, 6) is 1.53. The van der Waals surface area contributed by atoms with Crippen LogP contribution in [0.2, 0.25) is 0 Å². The molecule has 1 unspecified atom stereocenters. The summed E-state index contributed by atoms with van der Waals surface area (Å²) < 4.78 is 6.80. The first-order valence-electron chi connectivity index (χ1n) is 8.24. The second-order valence-electron chi connectivity index (χ2n) is 6.09. The van der Waals surface area contributed by atoms with E-state index in [9.17, 15) is 0 Å². The number of H-pyrrole nitrogens is 1. The number of rotatable bonds is 4. The quantitative estimate of drug-likeness (QED) is 0.837. The van der Waals surface area contributed by atoms with Gasteiger partial charge < -0.3 is 15.0 Å². The van der Waals surface area contributed by atoms with E-state index in [4.69, 9.17) is 17.0 Å². The Hall–Kier alpha value is -0.780. The fraction of sp³-hybridized carbons (Fsp3) is 0.750. The third-order valence-corrected chi connectivity index (χ3v) is 5.01. The molecule has 0 saturated heterocycles. The molecule has 1 aliphatic carbocycles. The van der Waals surface area contributed by atoms with Gasteiger partial charge in [-0.15, -0.1) is 0 Å². The van der Waals surface area contributed by atoms with Gasteiger partial charge in [-0.25, -0.2) is 4.98 Å². The molecule has 5 heteroatoms. The molecule has 0 radical (unpaired) electrons. The molecule has 0 spiro atoms. The van der Waals surface area contributed by atoms with Crippen molar-refractivity contribution in [3.63, 3.8) is 0 Å². The molecule has 2 N–H and O–H groups in total. The van der Waals surface area contributed by atoms with E-state index in [0.29, 0.717) is 5.92 Å². The van der Waals surface area contributed by atoms with Gasteiger partial charge in [0.1, 0.15) is 16.6 Å². The topological polar surface area (TPSA) is 49.9 Å². The molecule has 2 aliphatic rings.